The number of carbonyl (C=O) groups is 1. The van der Waals surface area contributed by atoms with Crippen molar-refractivity contribution in [3.63, 3.8) is 0 Å². The van der Waals surface area contributed by atoms with Crippen molar-refractivity contribution in [1.29, 1.82) is 0 Å². The molecule has 5 heteroatoms. The first-order valence-electron chi connectivity index (χ1n) is 10.9. The minimum absolute atomic E-state index is 0. The Morgan fingerprint density at radius 2 is 1.19 bits per heavy atom. The molecule has 0 saturated heterocycles. The Morgan fingerprint density at radius 1 is 0.741 bits per heavy atom. The van der Waals surface area contributed by atoms with Gasteiger partial charge in [0.2, 0.25) is 0 Å². The predicted molar refractivity (Wildman–Crippen MR) is 122 cm³/mol. The third-order valence-electron chi connectivity index (χ3n) is 4.43. The lowest BCUT2D eigenvalue weighted by atomic mass is 10.0. The highest BCUT2D eigenvalue weighted by molar-refractivity contribution is 8.93. The molecular formula is C22H48BrNO3. The number of hydrogen-bond acceptors (Lipinski definition) is 4. The maximum Gasteiger partial charge on any atom is 0.305 e. The smallest absolute Gasteiger partial charge is 0.305 e. The highest BCUT2D eigenvalue weighted by Crippen LogP contribution is 2.13. The van der Waals surface area contributed by atoms with E-state index in [1.165, 1.54) is 70.6 Å². The Hall–Kier alpha value is -0.130. The molecule has 166 valence electrons. The van der Waals surface area contributed by atoms with Gasteiger partial charge in [-0.1, -0.05) is 97.8 Å². The summed E-state index contributed by atoms with van der Waals surface area (Å²) in [5.74, 6) is 0.456. The van der Waals surface area contributed by atoms with Gasteiger partial charge in [-0.2, -0.15) is 0 Å². The molecule has 0 aromatic carbocycles. The van der Waals surface area contributed by atoms with Crippen molar-refractivity contribution in [3.8, 4) is 0 Å². The molecule has 0 aliphatic rings. The fraction of sp³-hybridized carbons (Fsp3) is 0.955. The highest BCUT2D eigenvalue weighted by Gasteiger charge is 2.03. The van der Waals surface area contributed by atoms with Crippen LogP contribution in [0.1, 0.15) is 111 Å². The van der Waals surface area contributed by atoms with Crippen LogP contribution in [-0.4, -0.2) is 25.8 Å². The van der Waals surface area contributed by atoms with E-state index in [1.807, 2.05) is 0 Å². The number of ether oxygens (including phenoxy) is 2. The largest absolute Gasteiger partial charge is 0.463 e. The molecule has 0 fully saturated rings. The Balaban J connectivity index is -0.00000288. The van der Waals surface area contributed by atoms with Gasteiger partial charge >= 0.3 is 5.97 Å². The first-order chi connectivity index (χ1) is 12.2. The maximum atomic E-state index is 11.6. The van der Waals surface area contributed by atoms with E-state index in [1.54, 1.807) is 0 Å². The second-order valence-electron chi connectivity index (χ2n) is 7.68. The first kappa shape index (κ1) is 31.6. The molecular weight excluding hydrogens is 406 g/mol. The quantitative estimate of drug-likeness (QED) is 0.163. The molecule has 0 aromatic heterocycles. The molecule has 0 rings (SSSR count). The summed E-state index contributed by atoms with van der Waals surface area (Å²) in [5, 5.41) is 0. The van der Waals surface area contributed by atoms with E-state index in [0.717, 1.165) is 19.4 Å². The molecule has 4 nitrogen and oxygen atoms in total. The zero-order valence-electron chi connectivity index (χ0n) is 18.4. The average molecular weight is 455 g/mol. The zero-order chi connectivity index (χ0) is 18.6. The van der Waals surface area contributed by atoms with E-state index in [-0.39, 0.29) is 29.1 Å². The van der Waals surface area contributed by atoms with E-state index >= 15 is 0 Å². The van der Waals surface area contributed by atoms with Crippen LogP contribution in [0.5, 0.6) is 0 Å². The van der Waals surface area contributed by atoms with Crippen LogP contribution >= 0.6 is 17.0 Å². The SMILES string of the molecule is Br.CCCCCCCCCCCCCCCC(=O)OCCOCC(C)C.N. The van der Waals surface area contributed by atoms with Crippen LogP contribution in [0, 0.1) is 5.92 Å². The molecule has 0 atom stereocenters. The van der Waals surface area contributed by atoms with E-state index < -0.39 is 0 Å². The summed E-state index contributed by atoms with van der Waals surface area (Å²) < 4.78 is 10.6. The monoisotopic (exact) mass is 453 g/mol. The summed E-state index contributed by atoms with van der Waals surface area (Å²) in [5.41, 5.74) is 0. The van der Waals surface area contributed by atoms with Crippen molar-refractivity contribution in [2.45, 2.75) is 111 Å². The van der Waals surface area contributed by atoms with Crippen molar-refractivity contribution in [3.05, 3.63) is 0 Å². The molecule has 0 amide bonds. The van der Waals surface area contributed by atoms with Gasteiger partial charge in [0.1, 0.15) is 6.61 Å². The molecule has 0 aromatic rings. The van der Waals surface area contributed by atoms with Crippen molar-refractivity contribution < 1.29 is 14.3 Å². The fourth-order valence-electron chi connectivity index (χ4n) is 2.89. The van der Waals surface area contributed by atoms with Gasteiger partial charge in [0.25, 0.3) is 0 Å². The first-order valence-corrected chi connectivity index (χ1v) is 10.9. The van der Waals surface area contributed by atoms with Gasteiger partial charge < -0.3 is 15.6 Å². The van der Waals surface area contributed by atoms with Gasteiger partial charge in [0.05, 0.1) is 6.61 Å². The lowest BCUT2D eigenvalue weighted by molar-refractivity contribution is -0.145. The standard InChI is InChI=1S/C22H44O3.BrH.H3N/c1-4-5-6-7-8-9-10-11-12-13-14-15-16-17-22(23)25-19-18-24-20-21(2)3;;/h21H,4-20H2,1-3H3;1H;1H3. The normalized spacial score (nSPS) is 10.4. The zero-order valence-corrected chi connectivity index (χ0v) is 20.2. The van der Waals surface area contributed by atoms with E-state index in [2.05, 4.69) is 20.8 Å². The summed E-state index contributed by atoms with van der Waals surface area (Å²) in [6.45, 7) is 8.14. The topological polar surface area (TPSA) is 70.5 Å². The lowest BCUT2D eigenvalue weighted by Crippen LogP contribution is -2.12. The number of halogens is 1. The van der Waals surface area contributed by atoms with Crippen LogP contribution in [0.25, 0.3) is 0 Å². The Morgan fingerprint density at radius 3 is 1.63 bits per heavy atom. The summed E-state index contributed by atoms with van der Waals surface area (Å²) in [6.07, 6.45) is 17.8. The Bertz CT molecular complexity index is 289. The number of esters is 1. The van der Waals surface area contributed by atoms with Crippen molar-refractivity contribution in [2.75, 3.05) is 19.8 Å². The molecule has 0 radical (unpaired) electrons. The van der Waals surface area contributed by atoms with Crippen LogP contribution in [0.3, 0.4) is 0 Å². The third-order valence-corrected chi connectivity index (χ3v) is 4.43. The van der Waals surface area contributed by atoms with Crippen LogP contribution in [0.15, 0.2) is 0 Å². The Labute approximate surface area is 179 Å². The van der Waals surface area contributed by atoms with Crippen molar-refractivity contribution in [1.82, 2.24) is 6.15 Å². The summed E-state index contributed by atoms with van der Waals surface area (Å²) >= 11 is 0. The second kappa shape index (κ2) is 25.9. The summed E-state index contributed by atoms with van der Waals surface area (Å²) in [6, 6.07) is 0. The second-order valence-corrected chi connectivity index (χ2v) is 7.68. The summed E-state index contributed by atoms with van der Waals surface area (Å²) in [4.78, 5) is 11.6. The van der Waals surface area contributed by atoms with Gasteiger partial charge in [-0.05, 0) is 12.3 Å². The molecule has 0 saturated carbocycles. The average Bonchev–Trinajstić information content (AvgIpc) is 2.58. The Kier molecular flexibility index (Phi) is 30.2. The van der Waals surface area contributed by atoms with Crippen LogP contribution in [0.2, 0.25) is 0 Å². The highest BCUT2D eigenvalue weighted by atomic mass is 79.9. The third kappa shape index (κ3) is 28.2. The number of rotatable bonds is 19. The lowest BCUT2D eigenvalue weighted by Gasteiger charge is -2.07. The summed E-state index contributed by atoms with van der Waals surface area (Å²) in [7, 11) is 0. The molecule has 0 spiro atoms. The predicted octanol–water partition coefficient (Wildman–Crippen LogP) is 7.42. The van der Waals surface area contributed by atoms with Gasteiger partial charge in [0.15, 0.2) is 0 Å². The number of carbonyl (C=O) groups excluding carboxylic acids is 1. The molecule has 0 unspecified atom stereocenters. The van der Waals surface area contributed by atoms with E-state index in [9.17, 15) is 4.79 Å². The molecule has 0 aliphatic heterocycles. The van der Waals surface area contributed by atoms with Crippen LogP contribution in [0.4, 0.5) is 0 Å². The van der Waals surface area contributed by atoms with Crippen LogP contribution < -0.4 is 6.15 Å². The van der Waals surface area contributed by atoms with E-state index in [4.69, 9.17) is 9.47 Å². The van der Waals surface area contributed by atoms with Crippen LogP contribution in [-0.2, 0) is 14.3 Å². The molecule has 0 heterocycles. The van der Waals surface area contributed by atoms with E-state index in [0.29, 0.717) is 25.6 Å². The molecule has 27 heavy (non-hydrogen) atoms. The molecule has 3 N–H and O–H groups in total. The van der Waals surface area contributed by atoms with Crippen molar-refractivity contribution in [2.24, 2.45) is 5.92 Å². The minimum Gasteiger partial charge on any atom is -0.463 e. The van der Waals surface area contributed by atoms with Gasteiger partial charge in [-0.3, -0.25) is 4.79 Å². The number of hydrogen-bond donors (Lipinski definition) is 1. The fourth-order valence-corrected chi connectivity index (χ4v) is 2.89. The minimum atomic E-state index is -0.0729. The van der Waals surface area contributed by atoms with Gasteiger partial charge in [0, 0.05) is 13.0 Å². The van der Waals surface area contributed by atoms with Gasteiger partial charge in [-0.15, -0.1) is 17.0 Å². The maximum absolute atomic E-state index is 11.6. The number of unbranched alkanes of at least 4 members (excludes halogenated alkanes) is 12. The van der Waals surface area contributed by atoms with Gasteiger partial charge in [-0.25, -0.2) is 0 Å². The molecule has 0 bridgehead atoms. The molecule has 0 aliphatic carbocycles. The van der Waals surface area contributed by atoms with Crippen molar-refractivity contribution >= 4 is 23.0 Å².